The van der Waals surface area contributed by atoms with E-state index in [9.17, 15) is 20.0 Å². The molecule has 1 aromatic rings. The SMILES string of the molecule is CC1=NC(=O)N(C(=O)O)C(c2cc(Cl)cc(Cl)c2)C1C#N. The van der Waals surface area contributed by atoms with Crippen LogP contribution < -0.4 is 0 Å². The van der Waals surface area contributed by atoms with E-state index in [1.807, 2.05) is 6.07 Å². The quantitative estimate of drug-likeness (QED) is 0.850. The predicted octanol–water partition coefficient (Wildman–Crippen LogP) is 3.75. The minimum Gasteiger partial charge on any atom is -0.465 e. The fourth-order valence-corrected chi connectivity index (χ4v) is 2.77. The molecule has 2 rings (SSSR count). The summed E-state index contributed by atoms with van der Waals surface area (Å²) in [5, 5.41) is 19.1. The van der Waals surface area contributed by atoms with Gasteiger partial charge in [0, 0.05) is 15.8 Å². The summed E-state index contributed by atoms with van der Waals surface area (Å²) in [6, 6.07) is 4.43. The minimum atomic E-state index is -1.49. The summed E-state index contributed by atoms with van der Waals surface area (Å²) in [4.78, 5) is 27.3. The van der Waals surface area contributed by atoms with E-state index in [1.165, 1.54) is 25.1 Å². The Hall–Kier alpha value is -2.10. The molecule has 1 aliphatic rings. The number of hydrogen-bond acceptors (Lipinski definition) is 3. The van der Waals surface area contributed by atoms with Gasteiger partial charge in [0.15, 0.2) is 0 Å². The Labute approximate surface area is 130 Å². The topological polar surface area (TPSA) is 93.8 Å². The molecule has 0 fully saturated rings. The molecule has 2 atom stereocenters. The van der Waals surface area contributed by atoms with E-state index in [1.54, 1.807) is 0 Å². The number of carboxylic acid groups (broad SMARTS) is 1. The number of benzene rings is 1. The van der Waals surface area contributed by atoms with Crippen molar-refractivity contribution in [1.82, 2.24) is 4.90 Å². The van der Waals surface area contributed by atoms with E-state index in [4.69, 9.17) is 23.2 Å². The molecule has 3 amide bonds. The van der Waals surface area contributed by atoms with Crippen molar-refractivity contribution in [3.8, 4) is 6.07 Å². The zero-order chi connectivity index (χ0) is 15.7. The molecule has 0 bridgehead atoms. The van der Waals surface area contributed by atoms with Crippen molar-refractivity contribution >= 4 is 41.0 Å². The van der Waals surface area contributed by atoms with E-state index in [0.29, 0.717) is 10.5 Å². The van der Waals surface area contributed by atoms with Crippen molar-refractivity contribution in [1.29, 1.82) is 5.26 Å². The van der Waals surface area contributed by atoms with Crippen LogP contribution in [0.2, 0.25) is 10.0 Å². The Morgan fingerprint density at radius 2 is 1.95 bits per heavy atom. The third-order valence-electron chi connectivity index (χ3n) is 3.09. The molecular formula is C13H9Cl2N3O3. The molecule has 1 aliphatic heterocycles. The summed E-state index contributed by atoms with van der Waals surface area (Å²) in [5.41, 5.74) is 0.616. The highest BCUT2D eigenvalue weighted by atomic mass is 35.5. The van der Waals surface area contributed by atoms with Crippen molar-refractivity contribution in [2.75, 3.05) is 0 Å². The van der Waals surface area contributed by atoms with Gasteiger partial charge in [-0.2, -0.15) is 5.26 Å². The number of halogens is 2. The van der Waals surface area contributed by atoms with E-state index < -0.39 is 24.1 Å². The van der Waals surface area contributed by atoms with E-state index in [-0.39, 0.29) is 15.8 Å². The van der Waals surface area contributed by atoms with Gasteiger partial charge in [0.2, 0.25) is 0 Å². The Morgan fingerprint density at radius 1 is 1.38 bits per heavy atom. The number of hydrogen-bond donors (Lipinski definition) is 1. The van der Waals surface area contributed by atoms with Gasteiger partial charge in [-0.05, 0) is 30.7 Å². The third-order valence-corrected chi connectivity index (χ3v) is 3.53. The molecule has 1 heterocycles. The van der Waals surface area contributed by atoms with E-state index in [2.05, 4.69) is 4.99 Å². The van der Waals surface area contributed by atoms with Crippen LogP contribution in [0.25, 0.3) is 0 Å². The molecule has 0 radical (unpaired) electrons. The van der Waals surface area contributed by atoms with Crippen LogP contribution in [0.3, 0.4) is 0 Å². The second-order valence-corrected chi connectivity index (χ2v) is 5.32. The number of carbonyl (C=O) groups is 2. The molecule has 1 N–H and O–H groups in total. The fourth-order valence-electron chi connectivity index (χ4n) is 2.22. The number of nitrogens with zero attached hydrogens (tertiary/aromatic N) is 3. The molecule has 0 aliphatic carbocycles. The zero-order valence-corrected chi connectivity index (χ0v) is 12.3. The first-order valence-electron chi connectivity index (χ1n) is 5.82. The minimum absolute atomic E-state index is 0.251. The molecule has 2 unspecified atom stereocenters. The van der Waals surface area contributed by atoms with Gasteiger partial charge in [0.25, 0.3) is 0 Å². The molecule has 6 nitrogen and oxygen atoms in total. The second-order valence-electron chi connectivity index (χ2n) is 4.44. The van der Waals surface area contributed by atoms with Crippen molar-refractivity contribution in [2.24, 2.45) is 10.9 Å². The maximum atomic E-state index is 11.8. The summed E-state index contributed by atoms with van der Waals surface area (Å²) in [5.74, 6) is -0.895. The summed E-state index contributed by atoms with van der Waals surface area (Å²) >= 11 is 11.8. The molecule has 8 heteroatoms. The first-order valence-corrected chi connectivity index (χ1v) is 6.57. The maximum Gasteiger partial charge on any atom is 0.416 e. The lowest BCUT2D eigenvalue weighted by molar-refractivity contribution is 0.129. The molecule has 21 heavy (non-hydrogen) atoms. The first-order chi connectivity index (χ1) is 9.85. The number of amides is 3. The standard InChI is InChI=1S/C13H9Cl2N3O3/c1-6-10(5-16)11(18(13(20)21)12(19)17-6)7-2-8(14)4-9(15)3-7/h2-4,10-11H,1H3,(H,20,21). The monoisotopic (exact) mass is 325 g/mol. The van der Waals surface area contributed by atoms with Gasteiger partial charge >= 0.3 is 12.1 Å². The number of imide groups is 1. The van der Waals surface area contributed by atoms with Crippen LogP contribution in [0.15, 0.2) is 23.2 Å². The smallest absolute Gasteiger partial charge is 0.416 e. The van der Waals surface area contributed by atoms with Gasteiger partial charge in [-0.1, -0.05) is 23.2 Å². The molecule has 0 saturated heterocycles. The number of urea groups is 1. The van der Waals surface area contributed by atoms with Gasteiger partial charge in [0.05, 0.1) is 12.1 Å². The average Bonchev–Trinajstić information content (AvgIpc) is 2.36. The third kappa shape index (κ3) is 2.84. The van der Waals surface area contributed by atoms with Crippen molar-refractivity contribution < 1.29 is 14.7 Å². The van der Waals surface area contributed by atoms with Crippen LogP contribution >= 0.6 is 23.2 Å². The normalized spacial score (nSPS) is 21.7. The molecular weight excluding hydrogens is 317 g/mol. The Kier molecular flexibility index (Phi) is 4.16. The van der Waals surface area contributed by atoms with Gasteiger partial charge in [-0.25, -0.2) is 19.5 Å². The van der Waals surface area contributed by atoms with E-state index in [0.717, 1.165) is 0 Å². The highest BCUT2D eigenvalue weighted by Gasteiger charge is 2.42. The Bertz CT molecular complexity index is 676. The number of aliphatic imine (C=N–C) groups is 1. The summed E-state index contributed by atoms with van der Waals surface area (Å²) in [6.45, 7) is 1.50. The summed E-state index contributed by atoms with van der Waals surface area (Å²) in [7, 11) is 0. The highest BCUT2D eigenvalue weighted by Crippen LogP contribution is 2.36. The van der Waals surface area contributed by atoms with Crippen LogP contribution in [0.5, 0.6) is 0 Å². The van der Waals surface area contributed by atoms with Crippen molar-refractivity contribution in [2.45, 2.75) is 13.0 Å². The van der Waals surface area contributed by atoms with Crippen molar-refractivity contribution in [3.63, 3.8) is 0 Å². The highest BCUT2D eigenvalue weighted by molar-refractivity contribution is 6.34. The van der Waals surface area contributed by atoms with Gasteiger partial charge in [-0.3, -0.25) is 0 Å². The lowest BCUT2D eigenvalue weighted by atomic mass is 9.88. The Balaban J connectivity index is 2.64. The van der Waals surface area contributed by atoms with Gasteiger partial charge in [0.1, 0.15) is 5.92 Å². The van der Waals surface area contributed by atoms with Crippen molar-refractivity contribution in [3.05, 3.63) is 33.8 Å². The predicted molar refractivity (Wildman–Crippen MR) is 76.7 cm³/mol. The molecule has 0 aromatic heterocycles. The number of carbonyl (C=O) groups excluding carboxylic acids is 1. The van der Waals surface area contributed by atoms with Crippen LogP contribution in [0.4, 0.5) is 9.59 Å². The fraction of sp³-hybridized carbons (Fsp3) is 0.231. The average molecular weight is 326 g/mol. The summed E-state index contributed by atoms with van der Waals surface area (Å²) in [6.07, 6.45) is -1.49. The van der Waals surface area contributed by atoms with Gasteiger partial charge < -0.3 is 5.11 Å². The van der Waals surface area contributed by atoms with E-state index >= 15 is 0 Å². The molecule has 0 spiro atoms. The zero-order valence-electron chi connectivity index (χ0n) is 10.7. The van der Waals surface area contributed by atoms with Crippen LogP contribution in [0, 0.1) is 17.2 Å². The molecule has 108 valence electrons. The molecule has 0 saturated carbocycles. The van der Waals surface area contributed by atoms with Crippen LogP contribution in [-0.4, -0.2) is 27.8 Å². The number of nitriles is 1. The maximum absolute atomic E-state index is 11.8. The first kappa shape index (κ1) is 15.3. The largest absolute Gasteiger partial charge is 0.465 e. The summed E-state index contributed by atoms with van der Waals surface area (Å²) < 4.78 is 0. The van der Waals surface area contributed by atoms with Crippen LogP contribution in [0.1, 0.15) is 18.5 Å². The Morgan fingerprint density at radius 3 is 2.43 bits per heavy atom. The van der Waals surface area contributed by atoms with Gasteiger partial charge in [-0.15, -0.1) is 0 Å². The van der Waals surface area contributed by atoms with Crippen LogP contribution in [-0.2, 0) is 0 Å². The second kappa shape index (κ2) is 5.72. The lowest BCUT2D eigenvalue weighted by Gasteiger charge is -2.33. The lowest BCUT2D eigenvalue weighted by Crippen LogP contribution is -2.46. The molecule has 1 aromatic carbocycles. The number of rotatable bonds is 1.